The number of thiophene rings is 2. The van der Waals surface area contributed by atoms with Crippen LogP contribution in [-0.2, 0) is 5.88 Å². The fourth-order valence-corrected chi connectivity index (χ4v) is 4.25. The molecule has 0 nitrogen and oxygen atoms in total. The molecule has 0 aliphatic rings. The summed E-state index contributed by atoms with van der Waals surface area (Å²) >= 11 is 9.48. The molecule has 3 aromatic rings. The van der Waals surface area contributed by atoms with Crippen molar-refractivity contribution < 1.29 is 0 Å². The first-order chi connectivity index (χ1) is 6.88. The van der Waals surface area contributed by atoms with Gasteiger partial charge in [0, 0.05) is 19.7 Å². The zero-order valence-electron chi connectivity index (χ0n) is 7.29. The molecule has 0 N–H and O–H groups in total. The van der Waals surface area contributed by atoms with E-state index in [2.05, 4.69) is 30.3 Å². The Hall–Kier alpha value is -0.570. The van der Waals surface area contributed by atoms with E-state index in [1.807, 2.05) is 22.7 Å². The van der Waals surface area contributed by atoms with Crippen molar-refractivity contribution >= 4 is 53.8 Å². The van der Waals surface area contributed by atoms with Gasteiger partial charge in [0.2, 0.25) is 0 Å². The molecule has 0 amide bonds. The summed E-state index contributed by atoms with van der Waals surface area (Å²) in [7, 11) is 0. The Morgan fingerprint density at radius 2 is 1.93 bits per heavy atom. The van der Waals surface area contributed by atoms with Gasteiger partial charge in [0.1, 0.15) is 0 Å². The molecular weight excluding hydrogens is 232 g/mol. The summed E-state index contributed by atoms with van der Waals surface area (Å²) in [6.45, 7) is 0. The highest BCUT2D eigenvalue weighted by Gasteiger charge is 2.07. The molecule has 0 bridgehead atoms. The van der Waals surface area contributed by atoms with Crippen molar-refractivity contribution in [3.05, 3.63) is 35.2 Å². The predicted octanol–water partition coefficient (Wildman–Crippen LogP) is 4.85. The number of fused-ring (bicyclic) bond motifs is 3. The summed E-state index contributed by atoms with van der Waals surface area (Å²) in [6.07, 6.45) is 0. The third-order valence-corrected chi connectivity index (χ3v) is 5.09. The topological polar surface area (TPSA) is 0 Å². The largest absolute Gasteiger partial charge is 0.137 e. The maximum atomic E-state index is 5.82. The van der Waals surface area contributed by atoms with Gasteiger partial charge in [0.05, 0.1) is 10.6 Å². The average molecular weight is 239 g/mol. The maximum absolute atomic E-state index is 5.82. The van der Waals surface area contributed by atoms with E-state index in [-0.39, 0.29) is 0 Å². The van der Waals surface area contributed by atoms with Gasteiger partial charge in [0.25, 0.3) is 0 Å². The second-order valence-corrected chi connectivity index (χ2v) is 5.63. The van der Waals surface area contributed by atoms with Gasteiger partial charge in [-0.25, -0.2) is 0 Å². The molecule has 14 heavy (non-hydrogen) atoms. The highest BCUT2D eigenvalue weighted by atomic mass is 35.5. The maximum Gasteiger partial charge on any atom is 0.0568 e. The summed E-state index contributed by atoms with van der Waals surface area (Å²) < 4.78 is 4.13. The van der Waals surface area contributed by atoms with E-state index in [1.165, 1.54) is 24.4 Å². The molecule has 0 aliphatic heterocycles. The predicted molar refractivity (Wildman–Crippen MR) is 66.8 cm³/mol. The zero-order valence-corrected chi connectivity index (χ0v) is 9.68. The van der Waals surface area contributed by atoms with Crippen LogP contribution in [0.25, 0.3) is 19.5 Å². The average Bonchev–Trinajstić information content (AvgIpc) is 2.73. The molecule has 2 aromatic heterocycles. The first kappa shape index (κ1) is 8.72. The van der Waals surface area contributed by atoms with E-state index in [1.54, 1.807) is 0 Å². The molecule has 1 aromatic carbocycles. The van der Waals surface area contributed by atoms with Gasteiger partial charge in [-0.05, 0) is 12.1 Å². The van der Waals surface area contributed by atoms with Crippen molar-refractivity contribution in [1.82, 2.24) is 0 Å². The third-order valence-electron chi connectivity index (χ3n) is 2.23. The Morgan fingerprint density at radius 3 is 2.79 bits per heavy atom. The van der Waals surface area contributed by atoms with E-state index < -0.39 is 0 Å². The van der Waals surface area contributed by atoms with Gasteiger partial charge >= 0.3 is 0 Å². The van der Waals surface area contributed by atoms with Crippen molar-refractivity contribution in [3.8, 4) is 0 Å². The second kappa shape index (κ2) is 3.23. The van der Waals surface area contributed by atoms with E-state index >= 15 is 0 Å². The normalized spacial score (nSPS) is 11.5. The van der Waals surface area contributed by atoms with Crippen LogP contribution in [0.5, 0.6) is 0 Å². The van der Waals surface area contributed by atoms with Gasteiger partial charge < -0.3 is 0 Å². The molecule has 0 fully saturated rings. The summed E-state index contributed by atoms with van der Waals surface area (Å²) in [5.41, 5.74) is 0. The number of hydrogen-bond acceptors (Lipinski definition) is 2. The number of halogens is 1. The summed E-state index contributed by atoms with van der Waals surface area (Å²) in [4.78, 5) is 1.26. The molecule has 0 saturated heterocycles. The SMILES string of the molecule is ClCc1cc2sc3ccccc3c2s1. The molecule has 0 radical (unpaired) electrons. The monoisotopic (exact) mass is 238 g/mol. The van der Waals surface area contributed by atoms with Gasteiger partial charge in [-0.2, -0.15) is 0 Å². The van der Waals surface area contributed by atoms with E-state index in [0.29, 0.717) is 5.88 Å². The smallest absolute Gasteiger partial charge is 0.0568 e. The Labute approximate surface area is 94.7 Å². The van der Waals surface area contributed by atoms with Gasteiger partial charge in [-0.3, -0.25) is 0 Å². The fourth-order valence-electron chi connectivity index (χ4n) is 1.61. The van der Waals surface area contributed by atoms with Crippen LogP contribution in [-0.4, -0.2) is 0 Å². The lowest BCUT2D eigenvalue weighted by Crippen LogP contribution is -1.61. The molecule has 0 spiro atoms. The number of rotatable bonds is 1. The molecule has 0 atom stereocenters. The molecule has 3 rings (SSSR count). The number of benzene rings is 1. The zero-order chi connectivity index (χ0) is 9.54. The van der Waals surface area contributed by atoms with Gasteiger partial charge in [-0.1, -0.05) is 18.2 Å². The first-order valence-electron chi connectivity index (χ1n) is 4.34. The van der Waals surface area contributed by atoms with Crippen LogP contribution in [0.3, 0.4) is 0 Å². The van der Waals surface area contributed by atoms with Gasteiger partial charge in [0.15, 0.2) is 0 Å². The lowest BCUT2D eigenvalue weighted by molar-refractivity contribution is 1.55. The highest BCUT2D eigenvalue weighted by Crippen LogP contribution is 2.39. The van der Waals surface area contributed by atoms with Crippen LogP contribution in [0, 0.1) is 0 Å². The Balaban J connectivity index is 2.45. The van der Waals surface area contributed by atoms with Crippen molar-refractivity contribution in [2.75, 3.05) is 0 Å². The third kappa shape index (κ3) is 1.18. The molecular formula is C11H7ClS2. The minimum absolute atomic E-state index is 0.625. The number of hydrogen-bond donors (Lipinski definition) is 0. The van der Waals surface area contributed by atoms with Gasteiger partial charge in [-0.15, -0.1) is 34.3 Å². The molecule has 0 saturated carbocycles. The van der Waals surface area contributed by atoms with Crippen molar-refractivity contribution in [2.45, 2.75) is 5.88 Å². The van der Waals surface area contributed by atoms with Crippen molar-refractivity contribution in [1.29, 1.82) is 0 Å². The fraction of sp³-hybridized carbons (Fsp3) is 0.0909. The quantitative estimate of drug-likeness (QED) is 0.532. The van der Waals surface area contributed by atoms with Crippen LogP contribution in [0.15, 0.2) is 30.3 Å². The summed E-state index contributed by atoms with van der Waals surface area (Å²) in [6, 6.07) is 10.7. The molecule has 2 heterocycles. The van der Waals surface area contributed by atoms with Crippen molar-refractivity contribution in [3.63, 3.8) is 0 Å². The molecule has 3 heteroatoms. The Morgan fingerprint density at radius 1 is 1.07 bits per heavy atom. The van der Waals surface area contributed by atoms with Crippen LogP contribution in [0.2, 0.25) is 0 Å². The van der Waals surface area contributed by atoms with Crippen LogP contribution in [0.1, 0.15) is 4.88 Å². The molecule has 0 aliphatic carbocycles. The lowest BCUT2D eigenvalue weighted by Gasteiger charge is -1.86. The van der Waals surface area contributed by atoms with E-state index in [9.17, 15) is 0 Å². The van der Waals surface area contributed by atoms with Crippen LogP contribution >= 0.6 is 34.3 Å². The first-order valence-corrected chi connectivity index (χ1v) is 6.51. The number of alkyl halides is 1. The van der Waals surface area contributed by atoms with Crippen molar-refractivity contribution in [2.24, 2.45) is 0 Å². The summed E-state index contributed by atoms with van der Waals surface area (Å²) in [5.74, 6) is 0.625. The lowest BCUT2D eigenvalue weighted by atomic mass is 10.2. The van der Waals surface area contributed by atoms with E-state index in [0.717, 1.165) is 0 Å². The minimum atomic E-state index is 0.625. The highest BCUT2D eigenvalue weighted by molar-refractivity contribution is 7.32. The standard InChI is InChI=1S/C11H7ClS2/c12-6-7-5-10-11(13-7)8-3-1-2-4-9(8)14-10/h1-5H,6H2. The molecule has 70 valence electrons. The second-order valence-electron chi connectivity index (χ2n) is 3.14. The minimum Gasteiger partial charge on any atom is -0.137 e. The molecule has 0 unspecified atom stereocenters. The Kier molecular flexibility index (Phi) is 2.01. The van der Waals surface area contributed by atoms with Crippen LogP contribution < -0.4 is 0 Å². The van der Waals surface area contributed by atoms with Crippen LogP contribution in [0.4, 0.5) is 0 Å². The van der Waals surface area contributed by atoms with E-state index in [4.69, 9.17) is 11.6 Å². The Bertz CT molecular complexity index is 591. The summed E-state index contributed by atoms with van der Waals surface area (Å²) in [5, 5.41) is 1.37.